The highest BCUT2D eigenvalue weighted by Gasteiger charge is 2.28. The van der Waals surface area contributed by atoms with Crippen LogP contribution in [-0.4, -0.2) is 48.3 Å². The summed E-state index contributed by atoms with van der Waals surface area (Å²) < 4.78 is 0. The van der Waals surface area contributed by atoms with Crippen molar-refractivity contribution in [1.82, 2.24) is 10.2 Å². The fourth-order valence-corrected chi connectivity index (χ4v) is 2.68. The van der Waals surface area contributed by atoms with Gasteiger partial charge < -0.3 is 15.3 Å². The molecule has 0 radical (unpaired) electrons. The molecule has 88 valence electrons. The van der Waals surface area contributed by atoms with Crippen LogP contribution in [0.3, 0.4) is 0 Å². The first-order valence-corrected chi connectivity index (χ1v) is 6.27. The zero-order valence-electron chi connectivity index (χ0n) is 9.95. The van der Waals surface area contributed by atoms with E-state index in [1.54, 1.807) is 0 Å². The Morgan fingerprint density at radius 1 is 1.33 bits per heavy atom. The maximum Gasteiger partial charge on any atom is 0.0546 e. The molecule has 2 aliphatic rings. The minimum Gasteiger partial charge on any atom is -0.393 e. The summed E-state index contributed by atoms with van der Waals surface area (Å²) in [6.45, 7) is 4.63. The Kier molecular flexibility index (Phi) is 3.65. The van der Waals surface area contributed by atoms with Crippen molar-refractivity contribution in [1.29, 1.82) is 0 Å². The molecule has 15 heavy (non-hydrogen) atoms. The highest BCUT2D eigenvalue weighted by Crippen LogP contribution is 2.26. The van der Waals surface area contributed by atoms with E-state index < -0.39 is 0 Å². The summed E-state index contributed by atoms with van der Waals surface area (Å²) >= 11 is 0. The molecular formula is C12H24N2O. The molecule has 1 saturated heterocycles. The standard InChI is InChI=1S/C12H24N2O/c1-9-5-11(3-4-14(9)2)13-8-10-6-12(15)7-10/h9-13,15H,3-8H2,1-2H3. The molecular weight excluding hydrogens is 188 g/mol. The monoisotopic (exact) mass is 212 g/mol. The Balaban J connectivity index is 1.63. The number of nitrogens with zero attached hydrogens (tertiary/aromatic N) is 1. The summed E-state index contributed by atoms with van der Waals surface area (Å²) in [4.78, 5) is 2.44. The topological polar surface area (TPSA) is 35.5 Å². The number of likely N-dealkylation sites (tertiary alicyclic amines) is 1. The van der Waals surface area contributed by atoms with Crippen LogP contribution in [0.1, 0.15) is 32.6 Å². The van der Waals surface area contributed by atoms with Crippen LogP contribution in [0.5, 0.6) is 0 Å². The first kappa shape index (κ1) is 11.4. The number of hydrogen-bond donors (Lipinski definition) is 2. The van der Waals surface area contributed by atoms with Crippen LogP contribution in [-0.2, 0) is 0 Å². The molecule has 2 fully saturated rings. The van der Waals surface area contributed by atoms with Crippen molar-refractivity contribution in [3.05, 3.63) is 0 Å². The number of rotatable bonds is 3. The van der Waals surface area contributed by atoms with Crippen molar-refractivity contribution in [2.24, 2.45) is 5.92 Å². The van der Waals surface area contributed by atoms with E-state index in [9.17, 15) is 5.11 Å². The summed E-state index contributed by atoms with van der Waals surface area (Å²) in [7, 11) is 2.21. The van der Waals surface area contributed by atoms with Crippen molar-refractivity contribution >= 4 is 0 Å². The Morgan fingerprint density at radius 2 is 2.07 bits per heavy atom. The highest BCUT2D eigenvalue weighted by atomic mass is 16.3. The molecule has 0 bridgehead atoms. The number of aliphatic hydroxyl groups is 1. The van der Waals surface area contributed by atoms with Crippen molar-refractivity contribution in [3.8, 4) is 0 Å². The van der Waals surface area contributed by atoms with E-state index in [-0.39, 0.29) is 6.10 Å². The molecule has 2 unspecified atom stereocenters. The van der Waals surface area contributed by atoms with E-state index in [2.05, 4.69) is 24.2 Å². The van der Waals surface area contributed by atoms with Gasteiger partial charge in [0.1, 0.15) is 0 Å². The molecule has 1 heterocycles. The van der Waals surface area contributed by atoms with Gasteiger partial charge in [0, 0.05) is 12.1 Å². The average molecular weight is 212 g/mol. The average Bonchev–Trinajstić information content (AvgIpc) is 2.16. The number of aliphatic hydroxyl groups excluding tert-OH is 1. The summed E-state index contributed by atoms with van der Waals surface area (Å²) in [6.07, 6.45) is 4.56. The van der Waals surface area contributed by atoms with Crippen LogP contribution in [0.2, 0.25) is 0 Å². The Hall–Kier alpha value is -0.120. The van der Waals surface area contributed by atoms with Gasteiger partial charge in [-0.05, 0) is 58.7 Å². The molecule has 2 rings (SSSR count). The lowest BCUT2D eigenvalue weighted by Crippen LogP contribution is -2.48. The molecule has 3 heteroatoms. The Bertz CT molecular complexity index is 204. The zero-order chi connectivity index (χ0) is 10.8. The maximum absolute atomic E-state index is 9.20. The second kappa shape index (κ2) is 4.81. The number of hydrogen-bond acceptors (Lipinski definition) is 3. The number of piperidine rings is 1. The SMILES string of the molecule is CC1CC(NCC2CC(O)C2)CCN1C. The van der Waals surface area contributed by atoms with E-state index >= 15 is 0 Å². The van der Waals surface area contributed by atoms with Crippen molar-refractivity contribution in [3.63, 3.8) is 0 Å². The number of nitrogens with one attached hydrogen (secondary N) is 1. The lowest BCUT2D eigenvalue weighted by molar-refractivity contribution is 0.0398. The fraction of sp³-hybridized carbons (Fsp3) is 1.00. The molecule has 1 saturated carbocycles. The van der Waals surface area contributed by atoms with Crippen LogP contribution in [0.15, 0.2) is 0 Å². The molecule has 0 amide bonds. The predicted octanol–water partition coefficient (Wildman–Crippen LogP) is 0.830. The van der Waals surface area contributed by atoms with E-state index in [4.69, 9.17) is 0 Å². The van der Waals surface area contributed by atoms with E-state index in [0.29, 0.717) is 12.1 Å². The Morgan fingerprint density at radius 3 is 2.67 bits per heavy atom. The van der Waals surface area contributed by atoms with E-state index in [1.165, 1.54) is 19.4 Å². The van der Waals surface area contributed by atoms with Crippen LogP contribution >= 0.6 is 0 Å². The second-order valence-corrected chi connectivity index (χ2v) is 5.45. The molecule has 0 aromatic rings. The smallest absolute Gasteiger partial charge is 0.0546 e. The maximum atomic E-state index is 9.20. The largest absolute Gasteiger partial charge is 0.393 e. The summed E-state index contributed by atoms with van der Waals surface area (Å²) in [6, 6.07) is 1.41. The highest BCUT2D eigenvalue weighted by molar-refractivity contribution is 4.85. The molecule has 1 aliphatic carbocycles. The van der Waals surface area contributed by atoms with Gasteiger partial charge in [-0.3, -0.25) is 0 Å². The molecule has 1 aliphatic heterocycles. The zero-order valence-corrected chi connectivity index (χ0v) is 9.95. The minimum atomic E-state index is -0.00628. The van der Waals surface area contributed by atoms with Gasteiger partial charge in [0.05, 0.1) is 6.10 Å². The first-order valence-electron chi connectivity index (χ1n) is 6.27. The Labute approximate surface area is 92.8 Å². The van der Waals surface area contributed by atoms with Crippen molar-refractivity contribution < 1.29 is 5.11 Å². The quantitative estimate of drug-likeness (QED) is 0.727. The van der Waals surface area contributed by atoms with Crippen LogP contribution in [0, 0.1) is 5.92 Å². The van der Waals surface area contributed by atoms with Crippen LogP contribution in [0.25, 0.3) is 0 Å². The summed E-state index contributed by atoms with van der Waals surface area (Å²) in [5.41, 5.74) is 0. The summed E-state index contributed by atoms with van der Waals surface area (Å²) in [5, 5.41) is 12.9. The van der Waals surface area contributed by atoms with Gasteiger partial charge in [0.25, 0.3) is 0 Å². The molecule has 2 atom stereocenters. The first-order chi connectivity index (χ1) is 7.15. The van der Waals surface area contributed by atoms with Crippen LogP contribution in [0.4, 0.5) is 0 Å². The van der Waals surface area contributed by atoms with Gasteiger partial charge in [-0.15, -0.1) is 0 Å². The summed E-state index contributed by atoms with van der Waals surface area (Å²) in [5.74, 6) is 0.731. The van der Waals surface area contributed by atoms with Gasteiger partial charge >= 0.3 is 0 Å². The van der Waals surface area contributed by atoms with Gasteiger partial charge in [-0.25, -0.2) is 0 Å². The third-order valence-corrected chi connectivity index (χ3v) is 4.11. The van der Waals surface area contributed by atoms with Crippen molar-refractivity contribution in [2.75, 3.05) is 20.1 Å². The molecule has 0 spiro atoms. The van der Waals surface area contributed by atoms with Gasteiger partial charge in [-0.1, -0.05) is 0 Å². The second-order valence-electron chi connectivity index (χ2n) is 5.45. The van der Waals surface area contributed by atoms with Gasteiger partial charge in [0.15, 0.2) is 0 Å². The van der Waals surface area contributed by atoms with Gasteiger partial charge in [0.2, 0.25) is 0 Å². The fourth-order valence-electron chi connectivity index (χ4n) is 2.68. The molecule has 0 aromatic heterocycles. The van der Waals surface area contributed by atoms with E-state index in [1.807, 2.05) is 0 Å². The molecule has 2 N–H and O–H groups in total. The third-order valence-electron chi connectivity index (χ3n) is 4.11. The van der Waals surface area contributed by atoms with Crippen molar-refractivity contribution in [2.45, 2.75) is 50.8 Å². The third kappa shape index (κ3) is 2.92. The lowest BCUT2D eigenvalue weighted by atomic mass is 9.82. The van der Waals surface area contributed by atoms with E-state index in [0.717, 1.165) is 25.3 Å². The van der Waals surface area contributed by atoms with Crippen LogP contribution < -0.4 is 5.32 Å². The molecule has 3 nitrogen and oxygen atoms in total. The minimum absolute atomic E-state index is 0.00628. The predicted molar refractivity (Wildman–Crippen MR) is 61.8 cm³/mol. The normalized spacial score (nSPS) is 42.6. The van der Waals surface area contributed by atoms with Gasteiger partial charge in [-0.2, -0.15) is 0 Å². The lowest BCUT2D eigenvalue weighted by Gasteiger charge is -2.38. The molecule has 0 aromatic carbocycles.